The zero-order chi connectivity index (χ0) is 21.5. The molecule has 0 bridgehead atoms. The van der Waals surface area contributed by atoms with Crippen molar-refractivity contribution in [3.8, 4) is 11.1 Å². The van der Waals surface area contributed by atoms with Crippen LogP contribution in [0.2, 0.25) is 0 Å². The first-order valence-electron chi connectivity index (χ1n) is 10.7. The molecule has 6 nitrogen and oxygen atoms in total. The van der Waals surface area contributed by atoms with Crippen LogP contribution < -0.4 is 0 Å². The molecule has 0 unspecified atom stereocenters. The number of rotatable bonds is 7. The van der Waals surface area contributed by atoms with Crippen molar-refractivity contribution < 1.29 is 14.9 Å². The minimum Gasteiger partial charge on any atom is -0.411 e. The van der Waals surface area contributed by atoms with Crippen LogP contribution in [0.3, 0.4) is 0 Å². The lowest BCUT2D eigenvalue weighted by Gasteiger charge is -2.32. The number of nitro groups is 1. The van der Waals surface area contributed by atoms with Gasteiger partial charge < -0.3 is 5.21 Å². The molecule has 4 rings (SSSR count). The molecule has 0 aromatic heterocycles. The van der Waals surface area contributed by atoms with Gasteiger partial charge in [0.15, 0.2) is 0 Å². The van der Waals surface area contributed by atoms with E-state index in [9.17, 15) is 20.1 Å². The number of oxime groups is 1. The Morgan fingerprint density at radius 1 is 1.03 bits per heavy atom. The van der Waals surface area contributed by atoms with Crippen LogP contribution >= 0.6 is 0 Å². The van der Waals surface area contributed by atoms with E-state index in [-0.39, 0.29) is 27.5 Å². The second kappa shape index (κ2) is 7.67. The lowest BCUT2D eigenvalue weighted by Crippen LogP contribution is -2.26. The van der Waals surface area contributed by atoms with Crippen LogP contribution in [0.4, 0.5) is 5.69 Å². The van der Waals surface area contributed by atoms with Gasteiger partial charge in [0.25, 0.3) is 5.69 Å². The monoisotopic (exact) mass is 406 g/mol. The largest absolute Gasteiger partial charge is 0.411 e. The van der Waals surface area contributed by atoms with Gasteiger partial charge in [0, 0.05) is 29.5 Å². The molecule has 0 saturated carbocycles. The molecular weight excluding hydrogens is 380 g/mol. The first kappa shape index (κ1) is 20.3. The maximum Gasteiger partial charge on any atom is 0.269 e. The Labute approximate surface area is 175 Å². The molecule has 6 heteroatoms. The highest BCUT2D eigenvalue weighted by Gasteiger charge is 2.44. The second-order valence-electron chi connectivity index (χ2n) is 8.38. The molecule has 2 aliphatic carbocycles. The summed E-state index contributed by atoms with van der Waals surface area (Å²) in [5, 5.41) is 23.9. The Bertz CT molecular complexity index is 1060. The number of nitrogens with zero attached hydrogens (tertiary/aromatic N) is 2. The zero-order valence-corrected chi connectivity index (χ0v) is 17.4. The van der Waals surface area contributed by atoms with Crippen molar-refractivity contribution >= 4 is 17.2 Å². The van der Waals surface area contributed by atoms with Gasteiger partial charge in [-0.05, 0) is 58.9 Å². The predicted octanol–water partition coefficient (Wildman–Crippen LogP) is 5.81. The fourth-order valence-corrected chi connectivity index (χ4v) is 5.16. The fraction of sp³-hybridized carbons (Fsp3) is 0.417. The third-order valence-corrected chi connectivity index (χ3v) is 6.68. The molecule has 1 N–H and O–H groups in total. The number of hydrogen-bond donors (Lipinski definition) is 1. The summed E-state index contributed by atoms with van der Waals surface area (Å²) in [5.41, 5.74) is 5.58. The minimum atomic E-state index is -0.336. The van der Waals surface area contributed by atoms with Gasteiger partial charge in [0.1, 0.15) is 5.71 Å². The quantitative estimate of drug-likeness (QED) is 0.357. The van der Waals surface area contributed by atoms with E-state index in [0.717, 1.165) is 66.3 Å². The van der Waals surface area contributed by atoms with Crippen LogP contribution in [0, 0.1) is 10.1 Å². The molecule has 2 aromatic carbocycles. The van der Waals surface area contributed by atoms with Crippen molar-refractivity contribution in [2.75, 3.05) is 0 Å². The molecule has 0 radical (unpaired) electrons. The molecule has 0 heterocycles. The summed E-state index contributed by atoms with van der Waals surface area (Å²) in [6, 6.07) is 9.18. The number of hydrogen-bond acceptors (Lipinski definition) is 5. The van der Waals surface area contributed by atoms with E-state index >= 15 is 0 Å². The molecule has 0 amide bonds. The Morgan fingerprint density at radius 3 is 2.30 bits per heavy atom. The van der Waals surface area contributed by atoms with E-state index in [1.54, 1.807) is 12.1 Å². The topological polar surface area (TPSA) is 92.8 Å². The average molecular weight is 406 g/mol. The second-order valence-corrected chi connectivity index (χ2v) is 8.38. The number of nitro benzene ring substituents is 1. The Morgan fingerprint density at radius 2 is 1.70 bits per heavy atom. The van der Waals surface area contributed by atoms with Crippen molar-refractivity contribution in [2.24, 2.45) is 5.16 Å². The molecule has 0 aliphatic heterocycles. The van der Waals surface area contributed by atoms with Crippen LogP contribution in [0.1, 0.15) is 79.4 Å². The smallest absolute Gasteiger partial charge is 0.269 e. The maximum absolute atomic E-state index is 12.7. The van der Waals surface area contributed by atoms with Crippen molar-refractivity contribution in [2.45, 2.75) is 64.2 Å². The van der Waals surface area contributed by atoms with E-state index in [0.29, 0.717) is 12.0 Å². The van der Waals surface area contributed by atoms with Gasteiger partial charge in [-0.15, -0.1) is 0 Å². The number of Topliss-reactive ketones (excluding diaryl/α,β-unsaturated/α-hetero) is 1. The van der Waals surface area contributed by atoms with E-state index in [4.69, 9.17) is 0 Å². The molecule has 0 spiro atoms. The molecule has 156 valence electrons. The summed E-state index contributed by atoms with van der Waals surface area (Å²) < 4.78 is 0. The van der Waals surface area contributed by atoms with Crippen LogP contribution in [-0.4, -0.2) is 21.6 Å². The highest BCUT2D eigenvalue weighted by Crippen LogP contribution is 2.55. The van der Waals surface area contributed by atoms with E-state index in [1.807, 2.05) is 18.2 Å². The van der Waals surface area contributed by atoms with Crippen molar-refractivity contribution in [3.05, 3.63) is 62.7 Å². The molecule has 30 heavy (non-hydrogen) atoms. The van der Waals surface area contributed by atoms with Crippen LogP contribution in [0.15, 0.2) is 35.5 Å². The minimum absolute atomic E-state index is 0.109. The zero-order valence-electron chi connectivity index (χ0n) is 17.4. The number of fused-ring (bicyclic) bond motifs is 4. The van der Waals surface area contributed by atoms with Gasteiger partial charge in [-0.3, -0.25) is 14.9 Å². The average Bonchev–Trinajstić information content (AvgIpc) is 3.21. The number of benzene rings is 2. The van der Waals surface area contributed by atoms with Gasteiger partial charge in [0.05, 0.1) is 4.92 Å². The Balaban J connectivity index is 1.98. The SMILES string of the molecule is CCCCC1(CCCC)c2cc([N+](=O)[O-])ccc2-c2cc3c(cc21)C(=O)/C(=N/O)C3. The van der Waals surface area contributed by atoms with Crippen LogP contribution in [0.25, 0.3) is 11.1 Å². The van der Waals surface area contributed by atoms with Crippen molar-refractivity contribution in [1.82, 2.24) is 0 Å². The summed E-state index contributed by atoms with van der Waals surface area (Å²) in [7, 11) is 0. The lowest BCUT2D eigenvalue weighted by molar-refractivity contribution is -0.384. The van der Waals surface area contributed by atoms with Gasteiger partial charge >= 0.3 is 0 Å². The van der Waals surface area contributed by atoms with E-state index in [2.05, 4.69) is 19.0 Å². The summed E-state index contributed by atoms with van der Waals surface area (Å²) in [6.45, 7) is 4.29. The highest BCUT2D eigenvalue weighted by molar-refractivity contribution is 6.49. The molecule has 0 atom stereocenters. The number of ketones is 1. The number of unbranched alkanes of at least 4 members (excludes halogenated alkanes) is 2. The first-order valence-corrected chi connectivity index (χ1v) is 10.7. The number of non-ortho nitro benzene ring substituents is 1. The third-order valence-electron chi connectivity index (χ3n) is 6.68. The standard InChI is InChI=1S/C24H26N2O4/c1-3-5-9-24(10-6-4-2)20-13-16(26(29)30)7-8-17(20)19-11-15-12-22(25-28)23(27)18(15)14-21(19)24/h7-8,11,13-14,28H,3-6,9-10,12H2,1-2H3/b25-22+. The third kappa shape index (κ3) is 2.93. The van der Waals surface area contributed by atoms with E-state index in [1.165, 1.54) is 0 Å². The summed E-state index contributed by atoms with van der Waals surface area (Å²) in [5.74, 6) is -0.225. The highest BCUT2D eigenvalue weighted by atomic mass is 16.6. The number of carbonyl (C=O) groups excluding carboxylic acids is 1. The lowest BCUT2D eigenvalue weighted by atomic mass is 9.70. The number of carbonyl (C=O) groups is 1. The summed E-state index contributed by atoms with van der Waals surface area (Å²) in [4.78, 5) is 23.9. The Kier molecular flexibility index (Phi) is 5.18. The molecule has 0 fully saturated rings. The fourth-order valence-electron chi connectivity index (χ4n) is 5.16. The van der Waals surface area contributed by atoms with Crippen LogP contribution in [-0.2, 0) is 11.8 Å². The van der Waals surface area contributed by atoms with Gasteiger partial charge in [-0.25, -0.2) is 0 Å². The summed E-state index contributed by atoms with van der Waals surface area (Å²) in [6.07, 6.45) is 6.14. The normalized spacial score (nSPS) is 17.1. The molecular formula is C24H26N2O4. The Hall–Kier alpha value is -3.02. The van der Waals surface area contributed by atoms with Crippen molar-refractivity contribution in [1.29, 1.82) is 0 Å². The van der Waals surface area contributed by atoms with Crippen molar-refractivity contribution in [3.63, 3.8) is 0 Å². The van der Waals surface area contributed by atoms with Crippen LogP contribution in [0.5, 0.6) is 0 Å². The van der Waals surface area contributed by atoms with E-state index < -0.39 is 0 Å². The van der Waals surface area contributed by atoms with Gasteiger partial charge in [0.2, 0.25) is 5.78 Å². The summed E-state index contributed by atoms with van der Waals surface area (Å²) >= 11 is 0. The molecule has 0 saturated heterocycles. The first-order chi connectivity index (χ1) is 14.5. The van der Waals surface area contributed by atoms with Gasteiger partial charge in [-0.1, -0.05) is 44.7 Å². The van der Waals surface area contributed by atoms with Gasteiger partial charge in [-0.2, -0.15) is 0 Å². The predicted molar refractivity (Wildman–Crippen MR) is 116 cm³/mol. The molecule has 2 aromatic rings. The molecule has 2 aliphatic rings. The maximum atomic E-state index is 12.7.